The molecule has 1 aliphatic carbocycles. The largest absolute Gasteiger partial charge is 0.335 e. The van der Waals surface area contributed by atoms with Crippen LogP contribution in [0.3, 0.4) is 0 Å². The van der Waals surface area contributed by atoms with E-state index in [1.54, 1.807) is 0 Å². The van der Waals surface area contributed by atoms with Crippen molar-refractivity contribution in [2.24, 2.45) is 0 Å². The molecular formula is C17H26N2OS. The zero-order valence-electron chi connectivity index (χ0n) is 13.2. The highest BCUT2D eigenvalue weighted by Gasteiger charge is 2.36. The molecule has 2 aliphatic rings. The second-order valence-electron chi connectivity index (χ2n) is 6.58. The molecule has 1 aromatic heterocycles. The summed E-state index contributed by atoms with van der Waals surface area (Å²) < 4.78 is 0. The lowest BCUT2D eigenvalue weighted by molar-refractivity contribution is -0.135. The Bertz CT molecular complexity index is 505. The van der Waals surface area contributed by atoms with Crippen molar-refractivity contribution in [2.75, 3.05) is 13.6 Å². The molecule has 1 N–H and O–H groups in total. The van der Waals surface area contributed by atoms with Gasteiger partial charge in [-0.1, -0.05) is 19.3 Å². The zero-order chi connectivity index (χ0) is 14.9. The maximum atomic E-state index is 12.9. The molecule has 21 heavy (non-hydrogen) atoms. The Hall–Kier alpha value is -0.870. The molecule has 1 aliphatic heterocycles. The number of amides is 1. The van der Waals surface area contributed by atoms with Crippen molar-refractivity contribution in [1.82, 2.24) is 10.2 Å². The second-order valence-corrected chi connectivity index (χ2v) is 7.58. The summed E-state index contributed by atoms with van der Waals surface area (Å²) in [6, 6.07) is 2.43. The second kappa shape index (κ2) is 6.09. The third-order valence-electron chi connectivity index (χ3n) is 5.43. The zero-order valence-corrected chi connectivity index (χ0v) is 14.0. The molecule has 1 aromatic rings. The SMILES string of the molecule is CNC1(CC(=O)N2CCc3sccc3C2C)CCCCC1. The van der Waals surface area contributed by atoms with E-state index >= 15 is 0 Å². The molecule has 3 rings (SSSR count). The highest BCUT2D eigenvalue weighted by molar-refractivity contribution is 7.10. The van der Waals surface area contributed by atoms with Crippen molar-refractivity contribution in [3.05, 3.63) is 21.9 Å². The summed E-state index contributed by atoms with van der Waals surface area (Å²) in [6.07, 6.45) is 7.78. The average molecular weight is 306 g/mol. The van der Waals surface area contributed by atoms with Gasteiger partial charge in [0.1, 0.15) is 0 Å². The third-order valence-corrected chi connectivity index (χ3v) is 6.42. The first-order valence-corrected chi connectivity index (χ1v) is 9.08. The van der Waals surface area contributed by atoms with Crippen LogP contribution in [0.5, 0.6) is 0 Å². The third kappa shape index (κ3) is 2.88. The maximum Gasteiger partial charge on any atom is 0.224 e. The Morgan fingerprint density at radius 2 is 2.19 bits per heavy atom. The van der Waals surface area contributed by atoms with E-state index in [0.717, 1.165) is 25.8 Å². The normalized spacial score (nSPS) is 24.7. The fourth-order valence-electron chi connectivity index (χ4n) is 3.98. The standard InChI is InChI=1S/C17H26N2OS/c1-13-14-7-11-21-15(14)6-10-19(13)16(20)12-17(18-2)8-4-3-5-9-17/h7,11,13,18H,3-6,8-10,12H2,1-2H3. The summed E-state index contributed by atoms with van der Waals surface area (Å²) in [5.41, 5.74) is 1.41. The van der Waals surface area contributed by atoms with E-state index in [0.29, 0.717) is 12.3 Å². The molecule has 2 heterocycles. The fourth-order valence-corrected chi connectivity index (χ4v) is 4.95. The first-order chi connectivity index (χ1) is 10.2. The van der Waals surface area contributed by atoms with Gasteiger partial charge in [-0.25, -0.2) is 0 Å². The van der Waals surface area contributed by atoms with Crippen molar-refractivity contribution in [3.63, 3.8) is 0 Å². The van der Waals surface area contributed by atoms with E-state index in [2.05, 4.69) is 28.6 Å². The van der Waals surface area contributed by atoms with Crippen molar-refractivity contribution >= 4 is 17.2 Å². The molecule has 1 unspecified atom stereocenters. The first kappa shape index (κ1) is 15.0. The Kier molecular flexibility index (Phi) is 4.36. The van der Waals surface area contributed by atoms with Gasteiger partial charge in [-0.15, -0.1) is 11.3 Å². The predicted octanol–water partition coefficient (Wildman–Crippen LogP) is 3.51. The van der Waals surface area contributed by atoms with Gasteiger partial charge in [0, 0.05) is 23.4 Å². The van der Waals surface area contributed by atoms with Gasteiger partial charge in [-0.2, -0.15) is 0 Å². The first-order valence-electron chi connectivity index (χ1n) is 8.20. The van der Waals surface area contributed by atoms with Crippen molar-refractivity contribution in [3.8, 4) is 0 Å². The molecule has 1 saturated carbocycles. The van der Waals surface area contributed by atoms with Crippen LogP contribution in [0.4, 0.5) is 0 Å². The Balaban J connectivity index is 1.71. The molecule has 0 aromatic carbocycles. The van der Waals surface area contributed by atoms with Crippen molar-refractivity contribution < 1.29 is 4.79 Å². The lowest BCUT2D eigenvalue weighted by Gasteiger charge is -2.40. The number of rotatable bonds is 3. The Labute approximate surface area is 131 Å². The summed E-state index contributed by atoms with van der Waals surface area (Å²) >= 11 is 1.83. The molecular weight excluding hydrogens is 280 g/mol. The summed E-state index contributed by atoms with van der Waals surface area (Å²) in [7, 11) is 2.02. The summed E-state index contributed by atoms with van der Waals surface area (Å²) in [4.78, 5) is 16.4. The molecule has 3 nitrogen and oxygen atoms in total. The van der Waals surface area contributed by atoms with Gasteiger partial charge in [-0.05, 0) is 50.2 Å². The highest BCUT2D eigenvalue weighted by Crippen LogP contribution is 2.36. The van der Waals surface area contributed by atoms with Gasteiger partial charge in [0.2, 0.25) is 5.91 Å². The van der Waals surface area contributed by atoms with Gasteiger partial charge in [0.05, 0.1) is 6.04 Å². The van der Waals surface area contributed by atoms with Crippen LogP contribution >= 0.6 is 11.3 Å². The molecule has 1 atom stereocenters. The molecule has 0 saturated heterocycles. The van der Waals surface area contributed by atoms with E-state index in [4.69, 9.17) is 0 Å². The van der Waals surface area contributed by atoms with E-state index in [9.17, 15) is 4.79 Å². The fraction of sp³-hybridized carbons (Fsp3) is 0.706. The minimum atomic E-state index is 0.0456. The lowest BCUT2D eigenvalue weighted by Crippen LogP contribution is -2.50. The Morgan fingerprint density at radius 1 is 1.43 bits per heavy atom. The number of thiophene rings is 1. The summed E-state index contributed by atoms with van der Waals surface area (Å²) in [6.45, 7) is 3.06. The molecule has 0 spiro atoms. The predicted molar refractivity (Wildman–Crippen MR) is 87.6 cm³/mol. The summed E-state index contributed by atoms with van der Waals surface area (Å²) in [5, 5.41) is 5.63. The number of hydrogen-bond acceptors (Lipinski definition) is 3. The average Bonchev–Trinajstić information content (AvgIpc) is 2.98. The maximum absolute atomic E-state index is 12.9. The monoisotopic (exact) mass is 306 g/mol. The number of nitrogens with one attached hydrogen (secondary N) is 1. The van der Waals surface area contributed by atoms with Crippen LogP contribution in [0.2, 0.25) is 0 Å². The number of carbonyl (C=O) groups is 1. The summed E-state index contributed by atoms with van der Waals surface area (Å²) in [5.74, 6) is 0.329. The van der Waals surface area contributed by atoms with Crippen LogP contribution in [-0.2, 0) is 11.2 Å². The van der Waals surface area contributed by atoms with Crippen molar-refractivity contribution in [1.29, 1.82) is 0 Å². The number of carbonyl (C=O) groups excluding carboxylic acids is 1. The number of nitrogens with zero attached hydrogens (tertiary/aromatic N) is 1. The highest BCUT2D eigenvalue weighted by atomic mass is 32.1. The van der Waals surface area contributed by atoms with Gasteiger partial charge >= 0.3 is 0 Å². The molecule has 4 heteroatoms. The minimum absolute atomic E-state index is 0.0456. The van der Waals surface area contributed by atoms with Gasteiger partial charge in [0.25, 0.3) is 0 Å². The molecule has 0 radical (unpaired) electrons. The molecule has 1 fully saturated rings. The van der Waals surface area contributed by atoms with Gasteiger partial charge in [-0.3, -0.25) is 4.79 Å². The van der Waals surface area contributed by atoms with E-state index in [-0.39, 0.29) is 11.6 Å². The van der Waals surface area contributed by atoms with Gasteiger partial charge in [0.15, 0.2) is 0 Å². The Morgan fingerprint density at radius 3 is 2.90 bits per heavy atom. The quantitative estimate of drug-likeness (QED) is 0.927. The van der Waals surface area contributed by atoms with Crippen molar-refractivity contribution in [2.45, 2.75) is 63.5 Å². The number of fused-ring (bicyclic) bond motifs is 1. The van der Waals surface area contributed by atoms with Crippen LogP contribution in [0.25, 0.3) is 0 Å². The van der Waals surface area contributed by atoms with Gasteiger partial charge < -0.3 is 10.2 Å². The van der Waals surface area contributed by atoms with E-state index < -0.39 is 0 Å². The lowest BCUT2D eigenvalue weighted by atomic mass is 9.79. The molecule has 1 amide bonds. The van der Waals surface area contributed by atoms with E-state index in [1.807, 2.05) is 18.4 Å². The topological polar surface area (TPSA) is 32.3 Å². The van der Waals surface area contributed by atoms with Crippen LogP contribution < -0.4 is 5.32 Å². The van der Waals surface area contributed by atoms with Crippen LogP contribution in [0.15, 0.2) is 11.4 Å². The molecule has 116 valence electrons. The molecule has 0 bridgehead atoms. The van der Waals surface area contributed by atoms with Crippen LogP contribution in [0.1, 0.15) is 61.9 Å². The van der Waals surface area contributed by atoms with Crippen LogP contribution in [-0.4, -0.2) is 29.9 Å². The minimum Gasteiger partial charge on any atom is -0.335 e. The van der Waals surface area contributed by atoms with Crippen LogP contribution in [0, 0.1) is 0 Å². The van der Waals surface area contributed by atoms with E-state index in [1.165, 1.54) is 29.7 Å². The smallest absolute Gasteiger partial charge is 0.224 e. The number of hydrogen-bond donors (Lipinski definition) is 1.